The summed E-state index contributed by atoms with van der Waals surface area (Å²) in [6.07, 6.45) is 0. The van der Waals surface area contributed by atoms with Crippen LogP contribution in [0.1, 0.15) is 16.2 Å². The number of hydrogen-bond acceptors (Lipinski definition) is 5. The number of fused-ring (bicyclic) bond motifs is 1. The molecule has 0 aliphatic heterocycles. The Kier molecular flexibility index (Phi) is 3.53. The van der Waals surface area contributed by atoms with E-state index in [0.29, 0.717) is 10.8 Å². The minimum Gasteiger partial charge on any atom is -0.388 e. The fourth-order valence-electron chi connectivity index (χ4n) is 2.07. The smallest absolute Gasteiger partial charge is 0.276 e. The van der Waals surface area contributed by atoms with Crippen molar-refractivity contribution in [2.75, 3.05) is 17.7 Å². The van der Waals surface area contributed by atoms with E-state index in [2.05, 4.69) is 20.6 Å². The quantitative estimate of drug-likeness (QED) is 0.778. The van der Waals surface area contributed by atoms with Crippen molar-refractivity contribution in [2.45, 2.75) is 6.92 Å². The first kappa shape index (κ1) is 13.5. The van der Waals surface area contributed by atoms with Crippen LogP contribution in [0.2, 0.25) is 0 Å². The van der Waals surface area contributed by atoms with Gasteiger partial charge in [-0.15, -0.1) is 11.3 Å². The molecule has 2 aromatic heterocycles. The second-order valence-electron chi connectivity index (χ2n) is 4.57. The van der Waals surface area contributed by atoms with Crippen LogP contribution >= 0.6 is 11.3 Å². The summed E-state index contributed by atoms with van der Waals surface area (Å²) in [5.74, 6) is -0.258. The van der Waals surface area contributed by atoms with Gasteiger partial charge in [0.15, 0.2) is 5.13 Å². The van der Waals surface area contributed by atoms with Gasteiger partial charge in [0.2, 0.25) is 0 Å². The van der Waals surface area contributed by atoms with Crippen LogP contribution in [0.4, 0.5) is 10.8 Å². The number of thiazole rings is 1. The Labute approximate surface area is 126 Å². The number of nitrogens with one attached hydrogen (secondary N) is 2. The van der Waals surface area contributed by atoms with E-state index in [4.69, 9.17) is 0 Å². The molecule has 106 valence electrons. The molecular weight excluding hydrogens is 284 g/mol. The molecule has 0 atom stereocenters. The average Bonchev–Trinajstić information content (AvgIpc) is 2.91. The molecule has 2 N–H and O–H groups in total. The van der Waals surface area contributed by atoms with Crippen molar-refractivity contribution in [3.8, 4) is 0 Å². The minimum absolute atomic E-state index is 0.258. The van der Waals surface area contributed by atoms with Crippen molar-refractivity contribution >= 4 is 39.0 Å². The summed E-state index contributed by atoms with van der Waals surface area (Å²) in [7, 11) is 1.83. The molecule has 21 heavy (non-hydrogen) atoms. The molecule has 0 fully saturated rings. The van der Waals surface area contributed by atoms with E-state index in [0.717, 1.165) is 22.3 Å². The molecule has 3 rings (SSSR count). The SMILES string of the molecule is CNc1cc(C(=O)Nc2nc(C)cs2)nc2ccccc12. The van der Waals surface area contributed by atoms with E-state index < -0.39 is 0 Å². The van der Waals surface area contributed by atoms with Crippen molar-refractivity contribution < 1.29 is 4.79 Å². The molecule has 2 heterocycles. The lowest BCUT2D eigenvalue weighted by atomic mass is 10.1. The second-order valence-corrected chi connectivity index (χ2v) is 5.43. The molecule has 0 radical (unpaired) electrons. The maximum Gasteiger partial charge on any atom is 0.276 e. The molecule has 0 spiro atoms. The van der Waals surface area contributed by atoms with Crippen LogP contribution in [0, 0.1) is 6.92 Å². The molecule has 0 aliphatic rings. The number of pyridine rings is 1. The Balaban J connectivity index is 1.98. The zero-order valence-corrected chi connectivity index (χ0v) is 12.5. The second kappa shape index (κ2) is 5.49. The first-order valence-corrected chi connectivity index (χ1v) is 7.36. The molecule has 0 saturated heterocycles. The Morgan fingerprint density at radius 2 is 2.05 bits per heavy atom. The number of aryl methyl sites for hydroxylation is 1. The number of aromatic nitrogens is 2. The average molecular weight is 298 g/mol. The van der Waals surface area contributed by atoms with Crippen molar-refractivity contribution in [3.63, 3.8) is 0 Å². The van der Waals surface area contributed by atoms with Crippen LogP contribution in [0.5, 0.6) is 0 Å². The maximum absolute atomic E-state index is 12.3. The maximum atomic E-state index is 12.3. The molecule has 3 aromatic rings. The summed E-state index contributed by atoms with van der Waals surface area (Å²) >= 11 is 1.40. The number of nitrogens with zero attached hydrogens (tertiary/aromatic N) is 2. The van der Waals surface area contributed by atoms with Crippen LogP contribution in [0.15, 0.2) is 35.7 Å². The lowest BCUT2D eigenvalue weighted by molar-refractivity contribution is 0.102. The highest BCUT2D eigenvalue weighted by molar-refractivity contribution is 7.13. The van der Waals surface area contributed by atoms with Crippen LogP contribution in [-0.2, 0) is 0 Å². The number of carbonyl (C=O) groups is 1. The number of benzene rings is 1. The van der Waals surface area contributed by atoms with Crippen molar-refractivity contribution in [2.24, 2.45) is 0 Å². The van der Waals surface area contributed by atoms with E-state index in [-0.39, 0.29) is 5.91 Å². The Morgan fingerprint density at radius 1 is 1.24 bits per heavy atom. The lowest BCUT2D eigenvalue weighted by Gasteiger charge is -2.08. The highest BCUT2D eigenvalue weighted by Crippen LogP contribution is 2.23. The zero-order valence-electron chi connectivity index (χ0n) is 11.7. The van der Waals surface area contributed by atoms with Gasteiger partial charge in [-0.1, -0.05) is 18.2 Å². The fraction of sp³-hybridized carbons (Fsp3) is 0.133. The predicted molar refractivity (Wildman–Crippen MR) is 86.1 cm³/mol. The van der Waals surface area contributed by atoms with Gasteiger partial charge >= 0.3 is 0 Å². The molecule has 1 amide bonds. The fourth-order valence-corrected chi connectivity index (χ4v) is 2.75. The minimum atomic E-state index is -0.258. The van der Waals surface area contributed by atoms with Crippen molar-refractivity contribution in [1.82, 2.24) is 9.97 Å². The summed E-state index contributed by atoms with van der Waals surface area (Å²) < 4.78 is 0. The van der Waals surface area contributed by atoms with Gasteiger partial charge in [0, 0.05) is 23.5 Å². The van der Waals surface area contributed by atoms with E-state index in [9.17, 15) is 4.79 Å². The molecule has 0 unspecified atom stereocenters. The van der Waals surface area contributed by atoms with Crippen LogP contribution in [-0.4, -0.2) is 22.9 Å². The topological polar surface area (TPSA) is 66.9 Å². The first-order valence-electron chi connectivity index (χ1n) is 6.48. The predicted octanol–water partition coefficient (Wildman–Crippen LogP) is 3.29. The van der Waals surface area contributed by atoms with Gasteiger partial charge in [-0.25, -0.2) is 9.97 Å². The van der Waals surface area contributed by atoms with E-state index in [1.807, 2.05) is 43.6 Å². The third-order valence-electron chi connectivity index (χ3n) is 3.06. The van der Waals surface area contributed by atoms with Gasteiger partial charge in [0.25, 0.3) is 5.91 Å². The number of para-hydroxylation sites is 1. The number of carbonyl (C=O) groups excluding carboxylic acids is 1. The third kappa shape index (κ3) is 2.71. The van der Waals surface area contributed by atoms with Gasteiger partial charge in [-0.3, -0.25) is 10.1 Å². The first-order chi connectivity index (χ1) is 10.2. The van der Waals surface area contributed by atoms with Gasteiger partial charge in [0.05, 0.1) is 11.2 Å². The normalized spacial score (nSPS) is 10.6. The summed E-state index contributed by atoms with van der Waals surface area (Å²) in [6.45, 7) is 1.89. The number of anilines is 2. The molecule has 5 nitrogen and oxygen atoms in total. The Morgan fingerprint density at radius 3 is 2.76 bits per heavy atom. The molecule has 0 bridgehead atoms. The summed E-state index contributed by atoms with van der Waals surface area (Å²) in [5, 5.41) is 9.33. The monoisotopic (exact) mass is 298 g/mol. The van der Waals surface area contributed by atoms with Crippen LogP contribution in [0.25, 0.3) is 10.9 Å². The number of rotatable bonds is 3. The van der Waals surface area contributed by atoms with E-state index in [1.54, 1.807) is 6.07 Å². The van der Waals surface area contributed by atoms with Gasteiger partial charge in [0.1, 0.15) is 5.69 Å². The highest BCUT2D eigenvalue weighted by Gasteiger charge is 2.13. The highest BCUT2D eigenvalue weighted by atomic mass is 32.1. The Hall–Kier alpha value is -2.47. The van der Waals surface area contributed by atoms with Crippen LogP contribution < -0.4 is 10.6 Å². The summed E-state index contributed by atoms with van der Waals surface area (Å²) in [5.41, 5.74) is 2.91. The largest absolute Gasteiger partial charge is 0.388 e. The molecule has 0 aliphatic carbocycles. The third-order valence-corrected chi connectivity index (χ3v) is 3.93. The van der Waals surface area contributed by atoms with E-state index >= 15 is 0 Å². The van der Waals surface area contributed by atoms with Crippen molar-refractivity contribution in [1.29, 1.82) is 0 Å². The molecular formula is C15H14N4OS. The lowest BCUT2D eigenvalue weighted by Crippen LogP contribution is -2.14. The van der Waals surface area contributed by atoms with Gasteiger partial charge < -0.3 is 5.32 Å². The van der Waals surface area contributed by atoms with Crippen molar-refractivity contribution in [3.05, 3.63) is 47.1 Å². The number of amides is 1. The van der Waals surface area contributed by atoms with Crippen LogP contribution in [0.3, 0.4) is 0 Å². The van der Waals surface area contributed by atoms with Gasteiger partial charge in [-0.2, -0.15) is 0 Å². The molecule has 6 heteroatoms. The summed E-state index contributed by atoms with van der Waals surface area (Å²) in [4.78, 5) is 20.9. The Bertz CT molecular complexity index is 812. The summed E-state index contributed by atoms with van der Waals surface area (Å²) in [6, 6.07) is 9.46. The molecule has 1 aromatic carbocycles. The van der Waals surface area contributed by atoms with Gasteiger partial charge in [-0.05, 0) is 19.1 Å². The van der Waals surface area contributed by atoms with E-state index in [1.165, 1.54) is 11.3 Å². The zero-order chi connectivity index (χ0) is 14.8. The molecule has 0 saturated carbocycles. The number of hydrogen-bond donors (Lipinski definition) is 2. The standard InChI is InChI=1S/C15H14N4OS/c1-9-8-21-15(17-9)19-14(20)13-7-12(16-2)10-5-3-4-6-11(10)18-13/h3-8H,1-2H3,(H,16,18)(H,17,19,20).